The van der Waals surface area contributed by atoms with Gasteiger partial charge in [0.25, 0.3) is 5.91 Å². The van der Waals surface area contributed by atoms with E-state index in [0.717, 1.165) is 29.3 Å². The first kappa shape index (κ1) is 18.1. The predicted molar refractivity (Wildman–Crippen MR) is 92.0 cm³/mol. The maximum Gasteiger partial charge on any atom is 0.402 e. The third kappa shape index (κ3) is 2.26. The van der Waals surface area contributed by atoms with Crippen LogP contribution in [0, 0.1) is 13.8 Å². The van der Waals surface area contributed by atoms with E-state index < -0.39 is 30.0 Å². The van der Waals surface area contributed by atoms with Gasteiger partial charge in [-0.3, -0.25) is 9.69 Å². The Labute approximate surface area is 151 Å². The summed E-state index contributed by atoms with van der Waals surface area (Å²) < 4.78 is 8.62. The normalized spacial score (nSPS) is 20.1. The average Bonchev–Trinajstić information content (AvgIpc) is 3.11. The molecule has 1 aromatic heterocycles. The molecule has 2 atom stereocenters. The molecule has 0 spiro atoms. The highest BCUT2D eigenvalue weighted by Gasteiger charge is 2.55. The van der Waals surface area contributed by atoms with Crippen LogP contribution in [0.25, 0.3) is 0 Å². The van der Waals surface area contributed by atoms with Gasteiger partial charge in [0.05, 0.1) is 13.7 Å². The van der Waals surface area contributed by atoms with Crippen LogP contribution in [0.3, 0.4) is 0 Å². The van der Waals surface area contributed by atoms with E-state index in [2.05, 4.69) is 16.5 Å². The third-order valence-electron chi connectivity index (χ3n) is 5.15. The van der Waals surface area contributed by atoms with Crippen molar-refractivity contribution in [2.75, 3.05) is 14.2 Å². The lowest BCUT2D eigenvalue weighted by Crippen LogP contribution is -2.61. The van der Waals surface area contributed by atoms with Crippen LogP contribution in [0.4, 0.5) is 10.7 Å². The van der Waals surface area contributed by atoms with Crippen LogP contribution >= 0.6 is 0 Å². The summed E-state index contributed by atoms with van der Waals surface area (Å²) in [7, 11) is 2.80. The van der Waals surface area contributed by atoms with Gasteiger partial charge in [-0.1, -0.05) is 11.9 Å². The van der Waals surface area contributed by atoms with Crippen molar-refractivity contribution in [1.82, 2.24) is 14.4 Å². The minimum Gasteiger partial charge on any atom is -0.467 e. The summed E-state index contributed by atoms with van der Waals surface area (Å²) in [6.45, 7) is 8.25. The average molecular weight is 362 g/mol. The summed E-state index contributed by atoms with van der Waals surface area (Å²) in [4.78, 5) is 44.7. The van der Waals surface area contributed by atoms with Crippen LogP contribution in [-0.4, -0.2) is 58.3 Å². The molecule has 0 bridgehead atoms. The maximum atomic E-state index is 13.2. The number of nitrogens with zero attached hydrogens (tertiary/aromatic N) is 5. The molecule has 2 aliphatic rings. The largest absolute Gasteiger partial charge is 0.467 e. The first-order valence-electron chi connectivity index (χ1n) is 8.64. The number of hydrogen-bond acceptors (Lipinski definition) is 5. The minimum absolute atomic E-state index is 0.385. The summed E-state index contributed by atoms with van der Waals surface area (Å²) in [6.07, 6.45) is 0.922. The highest BCUT2D eigenvalue weighted by molar-refractivity contribution is 6.21. The summed E-state index contributed by atoms with van der Waals surface area (Å²) in [5, 5.41) is 0. The Balaban J connectivity index is 2.13. The highest BCUT2D eigenvalue weighted by Crippen LogP contribution is 2.35. The Morgan fingerprint density at radius 3 is 2.58 bits per heavy atom. The van der Waals surface area contributed by atoms with Gasteiger partial charge in [-0.15, -0.1) is 0 Å². The number of urea groups is 1. The zero-order valence-electron chi connectivity index (χ0n) is 15.9. The molecular weight excluding hydrogens is 338 g/mol. The molecule has 0 N–H and O–H groups in total. The second kappa shape index (κ2) is 6.22. The van der Waals surface area contributed by atoms with Crippen molar-refractivity contribution in [3.8, 4) is 0 Å². The van der Waals surface area contributed by atoms with Crippen LogP contribution in [0.1, 0.15) is 37.7 Å². The van der Waals surface area contributed by atoms with Gasteiger partial charge < -0.3 is 4.74 Å². The number of esters is 1. The number of imide groups is 1. The van der Waals surface area contributed by atoms with Crippen LogP contribution in [-0.2, 0) is 20.9 Å². The summed E-state index contributed by atoms with van der Waals surface area (Å²) in [5.74, 6) is -0.0656. The standard InChI is InChI=1S/C17H24N5O4/c1-7-8-20-9(2)10(3)21-12-13(18-16(20)21)19(5)17(25)22(14(12)23)11(4)15(24)26-6/h11-12H,7-8H2,1-6H3/q+1. The van der Waals surface area contributed by atoms with Gasteiger partial charge in [0.15, 0.2) is 0 Å². The Kier molecular flexibility index (Phi) is 4.33. The molecule has 1 fully saturated rings. The SMILES string of the molecule is CCC[n+]1c(C)c(C)n2c1N=C1C2C(=O)N(C(C)C(=O)OC)C(=O)N1C. The predicted octanol–water partition coefficient (Wildman–Crippen LogP) is 0.843. The number of ether oxygens (including phenoxy) is 1. The van der Waals surface area contributed by atoms with Crippen LogP contribution < -0.4 is 4.57 Å². The number of amides is 3. The van der Waals surface area contributed by atoms with Gasteiger partial charge in [0.2, 0.25) is 11.9 Å². The highest BCUT2D eigenvalue weighted by atomic mass is 16.5. The van der Waals surface area contributed by atoms with Crippen molar-refractivity contribution >= 4 is 29.7 Å². The summed E-state index contributed by atoms with van der Waals surface area (Å²) in [6, 6.07) is -2.34. The van der Waals surface area contributed by atoms with Gasteiger partial charge in [0.1, 0.15) is 17.4 Å². The number of rotatable bonds is 4. The molecule has 140 valence electrons. The monoisotopic (exact) mass is 362 g/mol. The van der Waals surface area contributed by atoms with Gasteiger partial charge in [-0.2, -0.15) is 0 Å². The quantitative estimate of drug-likeness (QED) is 0.587. The topological polar surface area (TPSA) is 88.1 Å². The number of fused-ring (bicyclic) bond motifs is 3. The van der Waals surface area contributed by atoms with Crippen molar-refractivity contribution in [2.45, 2.75) is 52.7 Å². The fourth-order valence-electron chi connectivity index (χ4n) is 3.59. The van der Waals surface area contributed by atoms with Crippen molar-refractivity contribution in [1.29, 1.82) is 0 Å². The number of likely N-dealkylation sites (N-methyl/N-ethyl adjacent to an activating group) is 1. The molecule has 0 radical (unpaired) electrons. The fourth-order valence-corrected chi connectivity index (χ4v) is 3.59. The van der Waals surface area contributed by atoms with Crippen molar-refractivity contribution in [2.24, 2.45) is 4.99 Å². The Morgan fingerprint density at radius 1 is 1.35 bits per heavy atom. The van der Waals surface area contributed by atoms with E-state index in [9.17, 15) is 14.4 Å². The lowest BCUT2D eigenvalue weighted by Gasteiger charge is -2.35. The molecule has 1 saturated heterocycles. The number of hydrogen-bond donors (Lipinski definition) is 0. The molecule has 3 amide bonds. The van der Waals surface area contributed by atoms with Crippen LogP contribution in [0.2, 0.25) is 0 Å². The molecule has 9 heteroatoms. The van der Waals surface area contributed by atoms with E-state index in [1.807, 2.05) is 18.4 Å². The van der Waals surface area contributed by atoms with Crippen LogP contribution in [0.5, 0.6) is 0 Å². The number of imidazole rings is 1. The van der Waals surface area contributed by atoms with Gasteiger partial charge >= 0.3 is 17.9 Å². The van der Waals surface area contributed by atoms with E-state index >= 15 is 0 Å². The molecule has 0 saturated carbocycles. The third-order valence-corrected chi connectivity index (χ3v) is 5.15. The first-order valence-corrected chi connectivity index (χ1v) is 8.64. The molecular formula is C17H24N5O4+. The van der Waals surface area contributed by atoms with Gasteiger partial charge in [-0.05, 0) is 27.2 Å². The summed E-state index contributed by atoms with van der Waals surface area (Å²) >= 11 is 0. The van der Waals surface area contributed by atoms with Crippen molar-refractivity contribution in [3.63, 3.8) is 0 Å². The molecule has 3 heterocycles. The zero-order chi connectivity index (χ0) is 19.3. The molecule has 2 unspecified atom stereocenters. The van der Waals surface area contributed by atoms with E-state index in [1.54, 1.807) is 7.05 Å². The molecule has 1 aromatic rings. The van der Waals surface area contributed by atoms with E-state index in [-0.39, 0.29) is 0 Å². The number of amidine groups is 1. The van der Waals surface area contributed by atoms with Crippen molar-refractivity contribution < 1.29 is 23.7 Å². The van der Waals surface area contributed by atoms with Gasteiger partial charge in [0, 0.05) is 7.05 Å². The number of carbonyl (C=O) groups excluding carboxylic acids is 3. The maximum absolute atomic E-state index is 13.2. The molecule has 0 aliphatic carbocycles. The molecule has 3 rings (SSSR count). The minimum atomic E-state index is -1.01. The Bertz CT molecular complexity index is 841. The Morgan fingerprint density at radius 2 is 2.00 bits per heavy atom. The fraction of sp³-hybridized carbons (Fsp3) is 0.588. The number of carbonyl (C=O) groups is 3. The number of aliphatic imine (C=N–C) groups is 1. The number of aromatic nitrogens is 2. The molecule has 9 nitrogen and oxygen atoms in total. The van der Waals surface area contributed by atoms with Crippen molar-refractivity contribution in [3.05, 3.63) is 11.4 Å². The second-order valence-corrected chi connectivity index (χ2v) is 6.61. The number of methoxy groups -OCH3 is 1. The molecule has 2 aliphatic heterocycles. The van der Waals surface area contributed by atoms with Crippen LogP contribution in [0.15, 0.2) is 4.99 Å². The summed E-state index contributed by atoms with van der Waals surface area (Å²) in [5.41, 5.74) is 1.95. The van der Waals surface area contributed by atoms with E-state index in [1.165, 1.54) is 18.9 Å². The smallest absolute Gasteiger partial charge is 0.402 e. The van der Waals surface area contributed by atoms with Gasteiger partial charge in [-0.25, -0.2) is 23.6 Å². The lowest BCUT2D eigenvalue weighted by molar-refractivity contribution is -0.689. The Hall–Kier alpha value is -2.71. The molecule has 26 heavy (non-hydrogen) atoms. The lowest BCUT2D eigenvalue weighted by atomic mass is 10.1. The zero-order valence-corrected chi connectivity index (χ0v) is 15.9. The van der Waals surface area contributed by atoms with E-state index in [0.29, 0.717) is 11.8 Å². The molecule has 0 aromatic carbocycles. The van der Waals surface area contributed by atoms with E-state index in [4.69, 9.17) is 4.74 Å². The first-order chi connectivity index (χ1) is 12.3. The second-order valence-electron chi connectivity index (χ2n) is 6.61.